The number of aliphatic hydroxyl groups excluding tert-OH is 1. The van der Waals surface area contributed by atoms with E-state index in [0.29, 0.717) is 5.82 Å². The molecule has 28 heavy (non-hydrogen) atoms. The first-order chi connectivity index (χ1) is 13.7. The molecule has 6 heteroatoms. The van der Waals surface area contributed by atoms with Crippen molar-refractivity contribution in [3.63, 3.8) is 0 Å². The number of imidazole rings is 1. The van der Waals surface area contributed by atoms with Crippen molar-refractivity contribution in [2.45, 2.75) is 13.5 Å². The van der Waals surface area contributed by atoms with Crippen molar-refractivity contribution < 1.29 is 10.2 Å². The molecule has 5 aromatic rings. The van der Waals surface area contributed by atoms with E-state index >= 15 is 0 Å². The van der Waals surface area contributed by atoms with Gasteiger partial charge >= 0.3 is 0 Å². The maximum absolute atomic E-state index is 10.0. The second kappa shape index (κ2) is 6.21. The smallest absolute Gasteiger partial charge is 0.159 e. The first-order valence-electron chi connectivity index (χ1n) is 9.01. The van der Waals surface area contributed by atoms with Gasteiger partial charge in [-0.25, -0.2) is 4.98 Å². The van der Waals surface area contributed by atoms with E-state index in [1.807, 2.05) is 49.4 Å². The molecule has 0 atom stereocenters. The van der Waals surface area contributed by atoms with Gasteiger partial charge in [0.2, 0.25) is 0 Å². The molecular weight excluding hydrogens is 352 g/mol. The van der Waals surface area contributed by atoms with Crippen LogP contribution in [0.5, 0.6) is 5.75 Å². The molecule has 3 aromatic carbocycles. The summed E-state index contributed by atoms with van der Waals surface area (Å²) in [7, 11) is 0. The van der Waals surface area contributed by atoms with Crippen LogP contribution in [0.4, 0.5) is 0 Å². The highest BCUT2D eigenvalue weighted by atomic mass is 16.3. The maximum atomic E-state index is 10.0. The number of benzene rings is 3. The topological polar surface area (TPSA) is 97.8 Å². The summed E-state index contributed by atoms with van der Waals surface area (Å²) in [5.41, 5.74) is 6.80. The molecule has 0 aliphatic rings. The monoisotopic (exact) mass is 370 g/mol. The highest BCUT2D eigenvalue weighted by Crippen LogP contribution is 2.34. The third-order valence-electron chi connectivity index (χ3n) is 5.17. The Kier molecular flexibility index (Phi) is 3.67. The van der Waals surface area contributed by atoms with E-state index < -0.39 is 0 Å². The molecule has 0 spiro atoms. The highest BCUT2D eigenvalue weighted by molar-refractivity contribution is 5.96. The minimum absolute atomic E-state index is 0.0656. The lowest BCUT2D eigenvalue weighted by atomic mass is 9.98. The molecule has 4 N–H and O–H groups in total. The lowest BCUT2D eigenvalue weighted by molar-refractivity contribution is 0.283. The van der Waals surface area contributed by atoms with Crippen LogP contribution in [0.1, 0.15) is 11.1 Å². The number of hydrogen-bond acceptors (Lipinski definition) is 4. The van der Waals surface area contributed by atoms with Crippen molar-refractivity contribution in [1.82, 2.24) is 20.2 Å². The Labute approximate surface area is 160 Å². The van der Waals surface area contributed by atoms with Gasteiger partial charge in [0.25, 0.3) is 0 Å². The van der Waals surface area contributed by atoms with Crippen LogP contribution in [-0.4, -0.2) is 30.4 Å². The molecule has 138 valence electrons. The van der Waals surface area contributed by atoms with Gasteiger partial charge in [-0.15, -0.1) is 0 Å². The van der Waals surface area contributed by atoms with Gasteiger partial charge < -0.3 is 15.2 Å². The fourth-order valence-electron chi connectivity index (χ4n) is 3.63. The van der Waals surface area contributed by atoms with Crippen LogP contribution in [0.2, 0.25) is 0 Å². The van der Waals surface area contributed by atoms with Gasteiger partial charge in [0.15, 0.2) is 5.82 Å². The fraction of sp³-hybridized carbons (Fsp3) is 0.0909. The van der Waals surface area contributed by atoms with E-state index in [9.17, 15) is 10.2 Å². The molecule has 0 aliphatic carbocycles. The number of rotatable bonds is 3. The van der Waals surface area contributed by atoms with Crippen LogP contribution in [0.3, 0.4) is 0 Å². The first-order valence-corrected chi connectivity index (χ1v) is 9.01. The number of aliphatic hydroxyl groups is 1. The number of para-hydroxylation sites is 1. The number of fused-ring (bicyclic) bond motifs is 2. The van der Waals surface area contributed by atoms with Gasteiger partial charge in [0.1, 0.15) is 11.4 Å². The number of nitrogens with one attached hydrogen (secondary N) is 2. The Morgan fingerprint density at radius 3 is 2.71 bits per heavy atom. The van der Waals surface area contributed by atoms with Crippen molar-refractivity contribution in [2.24, 2.45) is 0 Å². The summed E-state index contributed by atoms with van der Waals surface area (Å²) in [6.07, 6.45) is 0. The standard InChI is InChI=1S/C22H18N4O2/c1-12-15(5-3-7-19(12)28)13-8-9-17-16(10-13)21(26-25-17)22-23-18-6-2-4-14(11-27)20(18)24-22/h2-10,27-28H,11H2,1H3,(H,23,24)(H,25,26). The van der Waals surface area contributed by atoms with Crippen LogP contribution in [0.25, 0.3) is 44.6 Å². The Hall–Kier alpha value is -3.64. The van der Waals surface area contributed by atoms with Crippen LogP contribution in [-0.2, 0) is 6.61 Å². The summed E-state index contributed by atoms with van der Waals surface area (Å²) in [4.78, 5) is 7.97. The van der Waals surface area contributed by atoms with Crippen molar-refractivity contribution in [3.8, 4) is 28.4 Å². The average Bonchev–Trinajstić information content (AvgIpc) is 3.33. The van der Waals surface area contributed by atoms with Gasteiger partial charge in [-0.2, -0.15) is 5.10 Å². The van der Waals surface area contributed by atoms with Crippen LogP contribution >= 0.6 is 0 Å². The minimum Gasteiger partial charge on any atom is -0.508 e. The molecule has 0 aliphatic heterocycles. The third kappa shape index (κ3) is 2.46. The van der Waals surface area contributed by atoms with E-state index in [1.165, 1.54) is 0 Å². The van der Waals surface area contributed by atoms with E-state index in [1.54, 1.807) is 6.07 Å². The van der Waals surface area contributed by atoms with Crippen molar-refractivity contribution in [1.29, 1.82) is 0 Å². The molecule has 0 saturated carbocycles. The van der Waals surface area contributed by atoms with Gasteiger partial charge in [-0.3, -0.25) is 5.10 Å². The Balaban J connectivity index is 1.70. The number of nitrogens with zero attached hydrogens (tertiary/aromatic N) is 2. The molecule has 0 saturated heterocycles. The molecule has 0 bridgehead atoms. The molecule has 2 heterocycles. The van der Waals surface area contributed by atoms with Crippen LogP contribution in [0.15, 0.2) is 54.6 Å². The zero-order chi connectivity index (χ0) is 19.3. The molecule has 6 nitrogen and oxygen atoms in total. The Morgan fingerprint density at radius 1 is 1.00 bits per heavy atom. The van der Waals surface area contributed by atoms with Gasteiger partial charge in [0, 0.05) is 10.9 Å². The number of aromatic nitrogens is 4. The quantitative estimate of drug-likeness (QED) is 0.381. The number of H-pyrrole nitrogens is 2. The third-order valence-corrected chi connectivity index (χ3v) is 5.17. The van der Waals surface area contributed by atoms with E-state index in [0.717, 1.165) is 49.9 Å². The zero-order valence-electron chi connectivity index (χ0n) is 15.2. The summed E-state index contributed by atoms with van der Waals surface area (Å²) in [5.74, 6) is 0.922. The van der Waals surface area contributed by atoms with Gasteiger partial charge in [-0.1, -0.05) is 30.3 Å². The molecule has 0 radical (unpaired) electrons. The number of phenols is 1. The number of aromatic amines is 2. The summed E-state index contributed by atoms with van der Waals surface area (Å²) in [6.45, 7) is 1.84. The predicted molar refractivity (Wildman–Crippen MR) is 109 cm³/mol. The van der Waals surface area contributed by atoms with Gasteiger partial charge in [0.05, 0.1) is 23.2 Å². The van der Waals surface area contributed by atoms with E-state index in [2.05, 4.69) is 26.2 Å². The fourth-order valence-corrected chi connectivity index (χ4v) is 3.63. The van der Waals surface area contributed by atoms with Crippen molar-refractivity contribution in [2.75, 3.05) is 0 Å². The second-order valence-corrected chi connectivity index (χ2v) is 6.84. The number of hydrogen-bond donors (Lipinski definition) is 4. The Bertz CT molecular complexity index is 1330. The minimum atomic E-state index is -0.0656. The van der Waals surface area contributed by atoms with Crippen LogP contribution < -0.4 is 0 Å². The SMILES string of the molecule is Cc1c(O)cccc1-c1ccc2[nH]nc(-c3nc4c(CO)cccc4[nH]3)c2c1. The Morgan fingerprint density at radius 2 is 1.86 bits per heavy atom. The predicted octanol–water partition coefficient (Wildman–Crippen LogP) is 4.28. The summed E-state index contributed by atoms with van der Waals surface area (Å²) in [5, 5.41) is 28.1. The zero-order valence-corrected chi connectivity index (χ0v) is 15.2. The lowest BCUT2D eigenvalue weighted by Crippen LogP contribution is -1.86. The van der Waals surface area contributed by atoms with Crippen molar-refractivity contribution in [3.05, 3.63) is 65.7 Å². The first kappa shape index (κ1) is 16.5. The molecule has 0 unspecified atom stereocenters. The highest BCUT2D eigenvalue weighted by Gasteiger charge is 2.15. The van der Waals surface area contributed by atoms with Crippen LogP contribution in [0, 0.1) is 6.92 Å². The molecule has 0 fully saturated rings. The average molecular weight is 370 g/mol. The van der Waals surface area contributed by atoms with E-state index in [-0.39, 0.29) is 12.4 Å². The normalized spacial score (nSPS) is 11.5. The summed E-state index contributed by atoms with van der Waals surface area (Å²) >= 11 is 0. The van der Waals surface area contributed by atoms with Crippen molar-refractivity contribution >= 4 is 21.9 Å². The largest absolute Gasteiger partial charge is 0.508 e. The summed E-state index contributed by atoms with van der Waals surface area (Å²) in [6, 6.07) is 17.2. The lowest BCUT2D eigenvalue weighted by Gasteiger charge is -2.08. The van der Waals surface area contributed by atoms with E-state index in [4.69, 9.17) is 0 Å². The maximum Gasteiger partial charge on any atom is 0.159 e. The summed E-state index contributed by atoms with van der Waals surface area (Å²) < 4.78 is 0. The second-order valence-electron chi connectivity index (χ2n) is 6.84. The molecule has 2 aromatic heterocycles. The van der Waals surface area contributed by atoms with Gasteiger partial charge in [-0.05, 0) is 47.9 Å². The number of aromatic hydroxyl groups is 1. The molecule has 0 amide bonds. The number of phenolic OH excluding ortho intramolecular Hbond substituents is 1. The molecule has 5 rings (SSSR count). The molecular formula is C22H18N4O2.